The van der Waals surface area contributed by atoms with Gasteiger partial charge >= 0.3 is 0 Å². The molecule has 3 heterocycles. The van der Waals surface area contributed by atoms with Crippen LogP contribution in [0.4, 0.5) is 0 Å². The summed E-state index contributed by atoms with van der Waals surface area (Å²) in [5.74, 6) is 1.06. The second-order valence-electron chi connectivity index (χ2n) is 5.21. The lowest BCUT2D eigenvalue weighted by atomic mass is 10.1. The zero-order valence-electron chi connectivity index (χ0n) is 10.7. The van der Waals surface area contributed by atoms with Crippen LogP contribution in [0.3, 0.4) is 0 Å². The van der Waals surface area contributed by atoms with Crippen LogP contribution in [0.25, 0.3) is 0 Å². The molecule has 2 fully saturated rings. The number of nitrogens with zero attached hydrogens (tertiary/aromatic N) is 2. The molecule has 18 heavy (non-hydrogen) atoms. The fourth-order valence-electron chi connectivity index (χ4n) is 2.96. The van der Waals surface area contributed by atoms with Crippen LogP contribution in [0.2, 0.25) is 0 Å². The maximum Gasteiger partial charge on any atom is 0.240 e. The number of nitrogens with one attached hydrogen (secondary N) is 1. The molecule has 0 aliphatic carbocycles. The largest absolute Gasteiger partial charge is 0.359 e. The van der Waals surface area contributed by atoms with Crippen molar-refractivity contribution in [3.8, 4) is 0 Å². The molecule has 0 spiro atoms. The average molecular weight is 249 g/mol. The molecule has 5 nitrogen and oxygen atoms in total. The zero-order valence-corrected chi connectivity index (χ0v) is 10.7. The van der Waals surface area contributed by atoms with Crippen molar-refractivity contribution in [2.24, 2.45) is 0 Å². The van der Waals surface area contributed by atoms with Gasteiger partial charge in [0.2, 0.25) is 5.91 Å². The standard InChI is InChI=1S/C13H19N3O2/c1-9-8-12(18-15-9)11-5-3-7-16(11)13(17)10-4-2-6-14-10/h8,10-11,14H,2-7H2,1H3/t10-,11-/m1/s1. The molecule has 2 aliphatic rings. The highest BCUT2D eigenvalue weighted by atomic mass is 16.5. The Morgan fingerprint density at radius 1 is 1.50 bits per heavy atom. The first-order valence-corrected chi connectivity index (χ1v) is 6.73. The lowest BCUT2D eigenvalue weighted by Gasteiger charge is -2.25. The summed E-state index contributed by atoms with van der Waals surface area (Å²) in [6, 6.07) is 2.04. The third-order valence-corrected chi connectivity index (χ3v) is 3.87. The number of likely N-dealkylation sites (tertiary alicyclic amines) is 1. The number of aryl methyl sites for hydroxylation is 1. The molecular formula is C13H19N3O2. The summed E-state index contributed by atoms with van der Waals surface area (Å²) < 4.78 is 5.33. The Balaban J connectivity index is 1.76. The van der Waals surface area contributed by atoms with Crippen LogP contribution in [0.5, 0.6) is 0 Å². The zero-order chi connectivity index (χ0) is 12.5. The Morgan fingerprint density at radius 3 is 3.06 bits per heavy atom. The molecule has 1 N–H and O–H groups in total. The number of carbonyl (C=O) groups is 1. The maximum atomic E-state index is 12.4. The Kier molecular flexibility index (Phi) is 3.07. The molecule has 1 aromatic heterocycles. The fraction of sp³-hybridized carbons (Fsp3) is 0.692. The van der Waals surface area contributed by atoms with Crippen molar-refractivity contribution < 1.29 is 9.32 Å². The minimum absolute atomic E-state index is 0.00891. The Hall–Kier alpha value is -1.36. The second kappa shape index (κ2) is 4.72. The van der Waals surface area contributed by atoms with E-state index in [0.717, 1.165) is 50.2 Å². The van der Waals surface area contributed by atoms with E-state index >= 15 is 0 Å². The third-order valence-electron chi connectivity index (χ3n) is 3.87. The molecule has 0 bridgehead atoms. The number of aromatic nitrogens is 1. The van der Waals surface area contributed by atoms with Crippen LogP contribution in [0.1, 0.15) is 43.2 Å². The lowest BCUT2D eigenvalue weighted by Crippen LogP contribution is -2.43. The lowest BCUT2D eigenvalue weighted by molar-refractivity contribution is -0.134. The van der Waals surface area contributed by atoms with Crippen molar-refractivity contribution in [2.45, 2.75) is 44.7 Å². The van der Waals surface area contributed by atoms with Gasteiger partial charge in [-0.05, 0) is 39.2 Å². The summed E-state index contributed by atoms with van der Waals surface area (Å²) in [5, 5.41) is 7.20. The molecule has 1 amide bonds. The summed E-state index contributed by atoms with van der Waals surface area (Å²) in [5.41, 5.74) is 0.878. The predicted octanol–water partition coefficient (Wildman–Crippen LogP) is 1.40. The normalized spacial score (nSPS) is 27.9. The maximum absolute atomic E-state index is 12.4. The van der Waals surface area contributed by atoms with Crippen molar-refractivity contribution in [3.05, 3.63) is 17.5 Å². The van der Waals surface area contributed by atoms with Gasteiger partial charge in [-0.25, -0.2) is 0 Å². The fourth-order valence-corrected chi connectivity index (χ4v) is 2.96. The van der Waals surface area contributed by atoms with Gasteiger partial charge in [-0.2, -0.15) is 0 Å². The summed E-state index contributed by atoms with van der Waals surface area (Å²) in [6.07, 6.45) is 4.07. The van der Waals surface area contributed by atoms with E-state index < -0.39 is 0 Å². The summed E-state index contributed by atoms with van der Waals surface area (Å²) >= 11 is 0. The molecule has 0 unspecified atom stereocenters. The molecular weight excluding hydrogens is 230 g/mol. The van der Waals surface area contributed by atoms with Gasteiger partial charge in [0.25, 0.3) is 0 Å². The first kappa shape index (κ1) is 11.7. The van der Waals surface area contributed by atoms with Crippen molar-refractivity contribution in [3.63, 3.8) is 0 Å². The number of hydrogen-bond acceptors (Lipinski definition) is 4. The minimum atomic E-state index is 0.00891. The Bertz CT molecular complexity index is 437. The van der Waals surface area contributed by atoms with Gasteiger partial charge in [-0.15, -0.1) is 0 Å². The summed E-state index contributed by atoms with van der Waals surface area (Å²) in [4.78, 5) is 14.4. The van der Waals surface area contributed by atoms with Gasteiger partial charge < -0.3 is 14.7 Å². The summed E-state index contributed by atoms with van der Waals surface area (Å²) in [7, 11) is 0. The van der Waals surface area contributed by atoms with Crippen molar-refractivity contribution >= 4 is 5.91 Å². The molecule has 0 aromatic carbocycles. The van der Waals surface area contributed by atoms with Crippen LogP contribution < -0.4 is 5.32 Å². The summed E-state index contributed by atoms with van der Waals surface area (Å²) in [6.45, 7) is 3.70. The highest BCUT2D eigenvalue weighted by Crippen LogP contribution is 2.33. The van der Waals surface area contributed by atoms with E-state index in [-0.39, 0.29) is 18.0 Å². The van der Waals surface area contributed by atoms with Crippen LogP contribution in [-0.2, 0) is 4.79 Å². The van der Waals surface area contributed by atoms with E-state index in [1.54, 1.807) is 0 Å². The van der Waals surface area contributed by atoms with Crippen molar-refractivity contribution in [2.75, 3.05) is 13.1 Å². The second-order valence-corrected chi connectivity index (χ2v) is 5.21. The van der Waals surface area contributed by atoms with Crippen LogP contribution in [0.15, 0.2) is 10.6 Å². The van der Waals surface area contributed by atoms with Crippen molar-refractivity contribution in [1.82, 2.24) is 15.4 Å². The van der Waals surface area contributed by atoms with Gasteiger partial charge in [0.15, 0.2) is 5.76 Å². The molecule has 1 aromatic rings. The molecule has 5 heteroatoms. The number of hydrogen-bond donors (Lipinski definition) is 1. The van der Waals surface area contributed by atoms with E-state index in [1.165, 1.54) is 0 Å². The number of amides is 1. The smallest absolute Gasteiger partial charge is 0.240 e. The number of carbonyl (C=O) groups excluding carboxylic acids is 1. The van der Waals surface area contributed by atoms with Crippen LogP contribution >= 0.6 is 0 Å². The average Bonchev–Trinajstić information content (AvgIpc) is 3.09. The first-order valence-electron chi connectivity index (χ1n) is 6.73. The van der Waals surface area contributed by atoms with Crippen LogP contribution in [0, 0.1) is 6.92 Å². The topological polar surface area (TPSA) is 58.4 Å². The molecule has 0 radical (unpaired) electrons. The first-order chi connectivity index (χ1) is 8.75. The molecule has 98 valence electrons. The van der Waals surface area contributed by atoms with Gasteiger partial charge in [0.05, 0.1) is 17.8 Å². The molecule has 2 saturated heterocycles. The van der Waals surface area contributed by atoms with E-state index in [9.17, 15) is 4.79 Å². The molecule has 3 rings (SSSR count). The SMILES string of the molecule is Cc1cc([C@H]2CCCN2C(=O)[C@H]2CCCN2)on1. The van der Waals surface area contributed by atoms with Gasteiger partial charge in [0, 0.05) is 12.6 Å². The molecule has 2 aliphatic heterocycles. The van der Waals surface area contributed by atoms with E-state index in [1.807, 2.05) is 17.9 Å². The van der Waals surface area contributed by atoms with Gasteiger partial charge in [-0.3, -0.25) is 4.79 Å². The highest BCUT2D eigenvalue weighted by Gasteiger charge is 2.36. The minimum Gasteiger partial charge on any atom is -0.359 e. The van der Waals surface area contributed by atoms with E-state index in [2.05, 4.69) is 10.5 Å². The quantitative estimate of drug-likeness (QED) is 0.860. The predicted molar refractivity (Wildman–Crippen MR) is 66.0 cm³/mol. The number of rotatable bonds is 2. The monoisotopic (exact) mass is 249 g/mol. The molecule has 2 atom stereocenters. The Morgan fingerprint density at radius 2 is 2.39 bits per heavy atom. The Labute approximate surface area is 107 Å². The molecule has 0 saturated carbocycles. The van der Waals surface area contributed by atoms with Gasteiger partial charge in [0.1, 0.15) is 0 Å². The van der Waals surface area contributed by atoms with E-state index in [0.29, 0.717) is 0 Å². The van der Waals surface area contributed by atoms with E-state index in [4.69, 9.17) is 4.52 Å². The highest BCUT2D eigenvalue weighted by molar-refractivity contribution is 5.82. The van der Waals surface area contributed by atoms with Crippen LogP contribution in [-0.4, -0.2) is 35.1 Å². The third kappa shape index (κ3) is 2.03. The van der Waals surface area contributed by atoms with Crippen molar-refractivity contribution in [1.29, 1.82) is 0 Å². The van der Waals surface area contributed by atoms with Gasteiger partial charge in [-0.1, -0.05) is 5.16 Å².